The summed E-state index contributed by atoms with van der Waals surface area (Å²) in [5.74, 6) is 2.61. The largest absolute Gasteiger partial charge is 0.370 e. The van der Waals surface area contributed by atoms with Crippen LogP contribution in [0.25, 0.3) is 0 Å². The van der Waals surface area contributed by atoms with Gasteiger partial charge < -0.3 is 10.2 Å². The van der Waals surface area contributed by atoms with Crippen LogP contribution in [0.3, 0.4) is 0 Å². The molecule has 2 aromatic rings. The highest BCUT2D eigenvalue weighted by Gasteiger charge is 2.10. The summed E-state index contributed by atoms with van der Waals surface area (Å²) in [4.78, 5) is 11.2. The van der Waals surface area contributed by atoms with Crippen LogP contribution < -0.4 is 10.2 Å². The average molecular weight is 270 g/mol. The molecule has 4 heteroatoms. The van der Waals surface area contributed by atoms with E-state index in [1.54, 1.807) is 0 Å². The normalized spacial score (nSPS) is 10.3. The Hall–Kier alpha value is -2.10. The number of aryl methyl sites for hydroxylation is 1. The van der Waals surface area contributed by atoms with Crippen molar-refractivity contribution < 1.29 is 0 Å². The first kappa shape index (κ1) is 14.3. The molecule has 106 valence electrons. The predicted octanol–water partition coefficient (Wildman–Crippen LogP) is 3.76. The van der Waals surface area contributed by atoms with E-state index in [2.05, 4.69) is 46.2 Å². The summed E-state index contributed by atoms with van der Waals surface area (Å²) < 4.78 is 0. The number of anilines is 3. The molecule has 0 atom stereocenters. The summed E-state index contributed by atoms with van der Waals surface area (Å²) >= 11 is 0. The minimum absolute atomic E-state index is 0.787. The van der Waals surface area contributed by atoms with Gasteiger partial charge in [-0.3, -0.25) is 0 Å². The number of hydrogen-bond acceptors (Lipinski definition) is 4. The number of rotatable bonds is 6. The van der Waals surface area contributed by atoms with Gasteiger partial charge in [0, 0.05) is 24.8 Å². The fourth-order valence-electron chi connectivity index (χ4n) is 2.12. The smallest absolute Gasteiger partial charge is 0.138 e. The third-order valence-corrected chi connectivity index (χ3v) is 3.04. The van der Waals surface area contributed by atoms with E-state index >= 15 is 0 Å². The maximum absolute atomic E-state index is 4.56. The van der Waals surface area contributed by atoms with E-state index in [9.17, 15) is 0 Å². The standard InChI is InChI=1S/C16H22N4/c1-4-11-17-15-12-16(19-13(3)18-15)20(5-2)14-9-7-6-8-10-14/h6-10,12H,4-5,11H2,1-3H3,(H,17,18,19). The third-order valence-electron chi connectivity index (χ3n) is 3.04. The number of aromatic nitrogens is 2. The zero-order valence-electron chi connectivity index (χ0n) is 12.4. The zero-order valence-corrected chi connectivity index (χ0v) is 12.4. The maximum Gasteiger partial charge on any atom is 0.138 e. The van der Waals surface area contributed by atoms with Gasteiger partial charge >= 0.3 is 0 Å². The van der Waals surface area contributed by atoms with Crippen LogP contribution in [0, 0.1) is 6.92 Å². The van der Waals surface area contributed by atoms with E-state index in [0.29, 0.717) is 0 Å². The lowest BCUT2D eigenvalue weighted by atomic mass is 10.3. The molecule has 1 N–H and O–H groups in total. The van der Waals surface area contributed by atoms with E-state index in [1.165, 1.54) is 0 Å². The molecule has 1 aromatic carbocycles. The highest BCUT2D eigenvalue weighted by atomic mass is 15.2. The summed E-state index contributed by atoms with van der Waals surface area (Å²) in [7, 11) is 0. The SMILES string of the molecule is CCCNc1cc(N(CC)c2ccccc2)nc(C)n1. The molecular formula is C16H22N4. The van der Waals surface area contributed by atoms with Crippen LogP contribution in [-0.4, -0.2) is 23.1 Å². The summed E-state index contributed by atoms with van der Waals surface area (Å²) in [6, 6.07) is 12.3. The van der Waals surface area contributed by atoms with Crippen molar-refractivity contribution in [1.82, 2.24) is 9.97 Å². The highest BCUT2D eigenvalue weighted by molar-refractivity contribution is 5.62. The Labute approximate surface area is 120 Å². The summed E-state index contributed by atoms with van der Waals surface area (Å²) in [5, 5.41) is 3.33. The zero-order chi connectivity index (χ0) is 14.4. The van der Waals surface area contributed by atoms with Crippen LogP contribution in [-0.2, 0) is 0 Å². The molecule has 0 aliphatic heterocycles. The molecular weight excluding hydrogens is 248 g/mol. The van der Waals surface area contributed by atoms with E-state index in [1.807, 2.05) is 31.2 Å². The molecule has 0 fully saturated rings. The molecule has 1 aromatic heterocycles. The van der Waals surface area contributed by atoms with Gasteiger partial charge in [-0.25, -0.2) is 9.97 Å². The second kappa shape index (κ2) is 6.89. The van der Waals surface area contributed by atoms with Crippen LogP contribution in [0.15, 0.2) is 36.4 Å². The number of benzene rings is 1. The fourth-order valence-corrected chi connectivity index (χ4v) is 2.12. The Bertz CT molecular complexity index is 539. The van der Waals surface area contributed by atoms with Crippen molar-refractivity contribution in [2.75, 3.05) is 23.3 Å². The predicted molar refractivity (Wildman–Crippen MR) is 84.7 cm³/mol. The van der Waals surface area contributed by atoms with Crippen LogP contribution in [0.1, 0.15) is 26.1 Å². The first-order valence-corrected chi connectivity index (χ1v) is 7.16. The third kappa shape index (κ3) is 3.47. The van der Waals surface area contributed by atoms with Gasteiger partial charge in [-0.05, 0) is 32.4 Å². The first-order valence-electron chi connectivity index (χ1n) is 7.16. The molecule has 0 radical (unpaired) electrons. The molecule has 0 unspecified atom stereocenters. The summed E-state index contributed by atoms with van der Waals surface area (Å²) in [6.07, 6.45) is 1.08. The Morgan fingerprint density at radius 2 is 1.85 bits per heavy atom. The van der Waals surface area contributed by atoms with Gasteiger partial charge in [0.1, 0.15) is 17.5 Å². The fraction of sp³-hybridized carbons (Fsp3) is 0.375. The van der Waals surface area contributed by atoms with Crippen LogP contribution in [0.4, 0.5) is 17.3 Å². The second-order valence-electron chi connectivity index (χ2n) is 4.67. The van der Waals surface area contributed by atoms with Crippen molar-refractivity contribution in [3.05, 3.63) is 42.2 Å². The van der Waals surface area contributed by atoms with Crippen molar-refractivity contribution in [2.45, 2.75) is 27.2 Å². The van der Waals surface area contributed by atoms with Crippen LogP contribution >= 0.6 is 0 Å². The molecule has 4 nitrogen and oxygen atoms in total. The van der Waals surface area contributed by atoms with Gasteiger partial charge in [-0.1, -0.05) is 25.1 Å². The molecule has 2 rings (SSSR count). The number of hydrogen-bond donors (Lipinski definition) is 1. The number of nitrogens with one attached hydrogen (secondary N) is 1. The van der Waals surface area contributed by atoms with Crippen molar-refractivity contribution in [3.8, 4) is 0 Å². The van der Waals surface area contributed by atoms with E-state index < -0.39 is 0 Å². The minimum Gasteiger partial charge on any atom is -0.370 e. The average Bonchev–Trinajstić information content (AvgIpc) is 2.46. The summed E-state index contributed by atoms with van der Waals surface area (Å²) in [5.41, 5.74) is 1.15. The van der Waals surface area contributed by atoms with E-state index in [0.717, 1.165) is 42.7 Å². The Morgan fingerprint density at radius 1 is 1.10 bits per heavy atom. The second-order valence-corrected chi connectivity index (χ2v) is 4.67. The molecule has 0 saturated heterocycles. The first-order chi connectivity index (χ1) is 9.74. The lowest BCUT2D eigenvalue weighted by Gasteiger charge is -2.23. The monoisotopic (exact) mass is 270 g/mol. The van der Waals surface area contributed by atoms with Crippen LogP contribution in [0.5, 0.6) is 0 Å². The Morgan fingerprint density at radius 3 is 2.50 bits per heavy atom. The van der Waals surface area contributed by atoms with Gasteiger partial charge in [-0.15, -0.1) is 0 Å². The molecule has 0 saturated carbocycles. The molecule has 0 aliphatic carbocycles. The van der Waals surface area contributed by atoms with Gasteiger partial charge in [0.05, 0.1) is 0 Å². The number of para-hydroxylation sites is 1. The van der Waals surface area contributed by atoms with Crippen molar-refractivity contribution in [1.29, 1.82) is 0 Å². The lowest BCUT2D eigenvalue weighted by molar-refractivity contribution is 0.930. The molecule has 1 heterocycles. The Balaban J connectivity index is 2.32. The Kier molecular flexibility index (Phi) is 4.93. The summed E-state index contributed by atoms with van der Waals surface area (Å²) in [6.45, 7) is 7.99. The molecule has 20 heavy (non-hydrogen) atoms. The van der Waals surface area contributed by atoms with E-state index in [4.69, 9.17) is 0 Å². The van der Waals surface area contributed by atoms with Gasteiger partial charge in [-0.2, -0.15) is 0 Å². The van der Waals surface area contributed by atoms with E-state index in [-0.39, 0.29) is 0 Å². The molecule has 0 bridgehead atoms. The van der Waals surface area contributed by atoms with Gasteiger partial charge in [0.15, 0.2) is 0 Å². The van der Waals surface area contributed by atoms with Crippen molar-refractivity contribution in [3.63, 3.8) is 0 Å². The number of nitrogens with zero attached hydrogens (tertiary/aromatic N) is 3. The minimum atomic E-state index is 0.787. The quantitative estimate of drug-likeness (QED) is 0.867. The molecule has 0 aliphatic rings. The van der Waals surface area contributed by atoms with Gasteiger partial charge in [0.2, 0.25) is 0 Å². The molecule has 0 spiro atoms. The highest BCUT2D eigenvalue weighted by Crippen LogP contribution is 2.24. The van der Waals surface area contributed by atoms with Gasteiger partial charge in [0.25, 0.3) is 0 Å². The van der Waals surface area contributed by atoms with Crippen molar-refractivity contribution in [2.24, 2.45) is 0 Å². The maximum atomic E-state index is 4.56. The topological polar surface area (TPSA) is 41.0 Å². The molecule has 0 amide bonds. The van der Waals surface area contributed by atoms with Crippen LogP contribution in [0.2, 0.25) is 0 Å². The lowest BCUT2D eigenvalue weighted by Crippen LogP contribution is -2.18. The van der Waals surface area contributed by atoms with Crippen molar-refractivity contribution >= 4 is 17.3 Å².